The van der Waals surface area contributed by atoms with E-state index in [1.807, 2.05) is 11.4 Å². The maximum atomic E-state index is 5.61. The van der Waals surface area contributed by atoms with Gasteiger partial charge in [0.1, 0.15) is 5.01 Å². The molecule has 0 saturated heterocycles. The predicted molar refractivity (Wildman–Crippen MR) is 57.6 cm³/mol. The van der Waals surface area contributed by atoms with Crippen LogP contribution in [0.2, 0.25) is 0 Å². The number of aromatic nitrogens is 2. The molecule has 2 rings (SSSR count). The Morgan fingerprint density at radius 1 is 1.38 bits per heavy atom. The first-order valence-corrected chi connectivity index (χ1v) is 6.05. The van der Waals surface area contributed by atoms with Crippen LogP contribution in [0.3, 0.4) is 0 Å². The third-order valence-corrected chi connectivity index (χ3v) is 3.72. The van der Waals surface area contributed by atoms with E-state index in [4.69, 9.17) is 11.6 Å². The highest BCUT2D eigenvalue weighted by molar-refractivity contribution is 7.20. The molecule has 0 aliphatic heterocycles. The normalized spacial score (nSPS) is 10.5. The van der Waals surface area contributed by atoms with Crippen molar-refractivity contribution in [1.29, 1.82) is 0 Å². The van der Waals surface area contributed by atoms with Gasteiger partial charge in [-0.3, -0.25) is 0 Å². The molecular weight excluding hydrogens is 224 g/mol. The Balaban J connectivity index is 2.23. The second kappa shape index (κ2) is 4.17. The first kappa shape index (κ1) is 9.12. The average Bonchev–Trinajstić information content (AvgIpc) is 2.70. The molecular formula is C8H7ClN2S2. The van der Waals surface area contributed by atoms with E-state index in [-0.39, 0.29) is 0 Å². The first-order valence-electron chi connectivity index (χ1n) is 3.82. The third kappa shape index (κ3) is 2.07. The van der Waals surface area contributed by atoms with Gasteiger partial charge in [0.25, 0.3) is 0 Å². The maximum absolute atomic E-state index is 5.61. The van der Waals surface area contributed by atoms with E-state index in [9.17, 15) is 0 Å². The molecule has 2 aromatic heterocycles. The van der Waals surface area contributed by atoms with Gasteiger partial charge in [-0.15, -0.1) is 33.1 Å². The molecule has 0 amide bonds. The second-order valence-corrected chi connectivity index (χ2v) is 4.80. The predicted octanol–water partition coefficient (Wildman–Crippen LogP) is 3.05. The number of rotatable bonds is 3. The Morgan fingerprint density at radius 2 is 2.31 bits per heavy atom. The molecule has 0 aliphatic carbocycles. The zero-order valence-electron chi connectivity index (χ0n) is 6.74. The van der Waals surface area contributed by atoms with Crippen molar-refractivity contribution >= 4 is 34.3 Å². The maximum Gasteiger partial charge on any atom is 0.157 e. The average molecular weight is 231 g/mol. The Hall–Kier alpha value is -0.450. The van der Waals surface area contributed by atoms with Crippen LogP contribution in [0.1, 0.15) is 5.01 Å². The van der Waals surface area contributed by atoms with Gasteiger partial charge in [0.2, 0.25) is 0 Å². The van der Waals surface area contributed by atoms with Crippen molar-refractivity contribution in [1.82, 2.24) is 10.2 Å². The number of thiophene rings is 1. The van der Waals surface area contributed by atoms with Crippen LogP contribution in [-0.2, 0) is 6.42 Å². The zero-order chi connectivity index (χ0) is 9.10. The molecule has 2 heterocycles. The number of aryl methyl sites for hydroxylation is 1. The van der Waals surface area contributed by atoms with E-state index in [1.165, 1.54) is 4.88 Å². The fraction of sp³-hybridized carbons (Fsp3) is 0.250. The number of halogens is 1. The van der Waals surface area contributed by atoms with E-state index in [0.29, 0.717) is 5.88 Å². The second-order valence-electron chi connectivity index (χ2n) is 2.42. The van der Waals surface area contributed by atoms with Crippen LogP contribution >= 0.6 is 34.3 Å². The fourth-order valence-electron chi connectivity index (χ4n) is 0.935. The summed E-state index contributed by atoms with van der Waals surface area (Å²) in [6, 6.07) is 4.07. The molecule has 0 fully saturated rings. The molecule has 2 aromatic rings. The summed E-state index contributed by atoms with van der Waals surface area (Å²) >= 11 is 8.91. The summed E-state index contributed by atoms with van der Waals surface area (Å²) in [4.78, 5) is 1.18. The van der Waals surface area contributed by atoms with Crippen LogP contribution in [-0.4, -0.2) is 16.1 Å². The molecule has 0 aromatic carbocycles. The van der Waals surface area contributed by atoms with Gasteiger partial charge in [0.05, 0.1) is 4.88 Å². The minimum absolute atomic E-state index is 0.610. The van der Waals surface area contributed by atoms with Gasteiger partial charge in [-0.1, -0.05) is 17.4 Å². The summed E-state index contributed by atoms with van der Waals surface area (Å²) < 4.78 is 0. The molecule has 0 N–H and O–H groups in total. The van der Waals surface area contributed by atoms with Crippen molar-refractivity contribution in [3.8, 4) is 9.88 Å². The Morgan fingerprint density at radius 3 is 3.00 bits per heavy atom. The minimum atomic E-state index is 0.610. The largest absolute Gasteiger partial charge is 0.157 e. The van der Waals surface area contributed by atoms with Gasteiger partial charge in [-0.2, -0.15) is 0 Å². The van der Waals surface area contributed by atoms with Crippen LogP contribution in [0.4, 0.5) is 0 Å². The van der Waals surface area contributed by atoms with Gasteiger partial charge >= 0.3 is 0 Å². The van der Waals surface area contributed by atoms with Crippen molar-refractivity contribution < 1.29 is 0 Å². The molecule has 0 saturated carbocycles. The van der Waals surface area contributed by atoms with Gasteiger partial charge < -0.3 is 0 Å². The molecule has 2 nitrogen and oxygen atoms in total. The van der Waals surface area contributed by atoms with Crippen molar-refractivity contribution in [2.24, 2.45) is 0 Å². The van der Waals surface area contributed by atoms with Crippen LogP contribution in [0, 0.1) is 0 Å². The minimum Gasteiger partial charge on any atom is -0.143 e. The smallest absolute Gasteiger partial charge is 0.143 e. The van der Waals surface area contributed by atoms with E-state index < -0.39 is 0 Å². The highest BCUT2D eigenvalue weighted by atomic mass is 35.5. The Kier molecular flexibility index (Phi) is 2.93. The van der Waals surface area contributed by atoms with Crippen LogP contribution in [0.5, 0.6) is 0 Å². The lowest BCUT2D eigenvalue weighted by molar-refractivity contribution is 0.991. The lowest BCUT2D eigenvalue weighted by Crippen LogP contribution is -1.82. The van der Waals surface area contributed by atoms with Crippen LogP contribution in [0.15, 0.2) is 17.5 Å². The van der Waals surface area contributed by atoms with Gasteiger partial charge in [0.15, 0.2) is 5.01 Å². The molecule has 0 radical (unpaired) electrons. The highest BCUT2D eigenvalue weighted by Gasteiger charge is 2.06. The summed E-state index contributed by atoms with van der Waals surface area (Å²) in [6.07, 6.45) is 0.810. The summed E-state index contributed by atoms with van der Waals surface area (Å²) in [5.74, 6) is 0.610. The van der Waals surface area contributed by atoms with Gasteiger partial charge in [-0.05, 0) is 11.4 Å². The molecule has 68 valence electrons. The summed E-state index contributed by atoms with van der Waals surface area (Å²) in [5.41, 5.74) is 0. The number of alkyl halides is 1. The molecule has 0 aliphatic rings. The lowest BCUT2D eigenvalue weighted by atomic mass is 10.5. The molecule has 0 bridgehead atoms. The molecule has 13 heavy (non-hydrogen) atoms. The Bertz CT molecular complexity index is 369. The third-order valence-electron chi connectivity index (χ3n) is 1.51. The molecule has 0 atom stereocenters. The van der Waals surface area contributed by atoms with Crippen LogP contribution in [0.25, 0.3) is 9.88 Å². The first-order chi connectivity index (χ1) is 6.40. The zero-order valence-corrected chi connectivity index (χ0v) is 9.12. The van der Waals surface area contributed by atoms with Crippen molar-refractivity contribution in [3.05, 3.63) is 22.5 Å². The molecule has 0 spiro atoms. The summed E-state index contributed by atoms with van der Waals surface area (Å²) in [6.45, 7) is 0. The quantitative estimate of drug-likeness (QED) is 0.758. The van der Waals surface area contributed by atoms with Crippen molar-refractivity contribution in [3.63, 3.8) is 0 Å². The highest BCUT2D eigenvalue weighted by Crippen LogP contribution is 2.27. The summed E-state index contributed by atoms with van der Waals surface area (Å²) in [7, 11) is 0. The van der Waals surface area contributed by atoms with Gasteiger partial charge in [-0.25, -0.2) is 0 Å². The van der Waals surface area contributed by atoms with E-state index in [2.05, 4.69) is 16.3 Å². The van der Waals surface area contributed by atoms with E-state index >= 15 is 0 Å². The number of hydrogen-bond donors (Lipinski definition) is 0. The summed E-state index contributed by atoms with van der Waals surface area (Å²) in [5, 5.41) is 12.2. The van der Waals surface area contributed by atoms with Crippen molar-refractivity contribution in [2.45, 2.75) is 6.42 Å². The monoisotopic (exact) mass is 230 g/mol. The molecule has 0 unspecified atom stereocenters. The molecule has 5 heteroatoms. The van der Waals surface area contributed by atoms with E-state index in [1.54, 1.807) is 22.7 Å². The topological polar surface area (TPSA) is 25.8 Å². The standard InChI is InChI=1S/C8H7ClN2S2/c9-4-3-7-10-11-8(13-7)6-2-1-5-12-6/h1-2,5H,3-4H2. The number of nitrogens with zero attached hydrogens (tertiary/aromatic N) is 2. The van der Waals surface area contributed by atoms with E-state index in [0.717, 1.165) is 16.4 Å². The number of hydrogen-bond acceptors (Lipinski definition) is 4. The SMILES string of the molecule is ClCCc1nnc(-c2cccs2)s1. The van der Waals surface area contributed by atoms with Gasteiger partial charge in [0, 0.05) is 12.3 Å². The fourth-order valence-corrected chi connectivity index (χ4v) is 2.86. The lowest BCUT2D eigenvalue weighted by Gasteiger charge is -1.84. The van der Waals surface area contributed by atoms with Crippen molar-refractivity contribution in [2.75, 3.05) is 5.88 Å². The van der Waals surface area contributed by atoms with Crippen LogP contribution < -0.4 is 0 Å². The Labute approximate surface area is 89.2 Å².